The van der Waals surface area contributed by atoms with Crippen LogP contribution in [0.2, 0.25) is 0 Å². The molecular formula is C78H68N2O12S2. The van der Waals surface area contributed by atoms with Crippen molar-refractivity contribution in [3.05, 3.63) is 212 Å². The Morgan fingerprint density at radius 1 is 0.394 bits per heavy atom. The summed E-state index contributed by atoms with van der Waals surface area (Å²) in [5, 5.41) is 0.498. The van der Waals surface area contributed by atoms with Gasteiger partial charge in [0.25, 0.3) is 0 Å². The summed E-state index contributed by atoms with van der Waals surface area (Å²) in [6.45, 7) is -0.776. The second-order valence-corrected chi connectivity index (χ2v) is 29.3. The van der Waals surface area contributed by atoms with Gasteiger partial charge in [-0.15, -0.1) is 22.7 Å². The lowest BCUT2D eigenvalue weighted by Gasteiger charge is -2.39. The molecule has 2 heterocycles. The Hall–Kier alpha value is -8.86. The van der Waals surface area contributed by atoms with Crippen molar-refractivity contribution in [2.24, 2.45) is 69.2 Å². The number of hydrogen-bond acceptors (Lipinski definition) is 16. The van der Waals surface area contributed by atoms with Crippen LogP contribution < -0.4 is 0 Å². The number of benzene rings is 4. The average molecular weight is 1290 g/mol. The summed E-state index contributed by atoms with van der Waals surface area (Å²) >= 11 is 2.31. The van der Waals surface area contributed by atoms with Gasteiger partial charge >= 0.3 is 23.9 Å². The maximum atomic E-state index is 15.9. The molecule has 0 bridgehead atoms. The molecule has 0 radical (unpaired) electrons. The zero-order valence-electron chi connectivity index (χ0n) is 51.7. The van der Waals surface area contributed by atoms with Gasteiger partial charge in [0.05, 0.1) is 0 Å². The van der Waals surface area contributed by atoms with Crippen LogP contribution >= 0.6 is 22.7 Å². The van der Waals surface area contributed by atoms with Gasteiger partial charge in [-0.05, 0) is 106 Å². The Labute approximate surface area is 552 Å². The van der Waals surface area contributed by atoms with E-state index < -0.39 is 70.2 Å². The fraction of sp³-hybridized carbons (Fsp3) is 0.359. The van der Waals surface area contributed by atoms with Gasteiger partial charge in [-0.3, -0.25) is 38.4 Å². The molecule has 10 aliphatic rings. The number of Topliss-reactive ketones (excluding diaryl/α,β-unsaturated/α-hetero) is 4. The zero-order chi connectivity index (χ0) is 64.0. The van der Waals surface area contributed by atoms with Gasteiger partial charge in [0.1, 0.15) is 36.4 Å². The predicted molar refractivity (Wildman–Crippen MR) is 354 cm³/mol. The fourth-order valence-electron chi connectivity index (χ4n) is 17.5. The number of fused-ring (bicyclic) bond motifs is 11. The van der Waals surface area contributed by atoms with Gasteiger partial charge in [0, 0.05) is 56.4 Å². The maximum absolute atomic E-state index is 15.9. The minimum Gasteiger partial charge on any atom is -0.459 e. The smallest absolute Gasteiger partial charge is 0.333 e. The van der Waals surface area contributed by atoms with Crippen LogP contribution in [-0.2, 0) is 94.6 Å². The van der Waals surface area contributed by atoms with E-state index in [-0.39, 0.29) is 93.3 Å². The highest BCUT2D eigenvalue weighted by atomic mass is 32.1. The number of ether oxygens (including phenoxy) is 4. The molecule has 6 fully saturated rings. The molecule has 16 rings (SSSR count). The summed E-state index contributed by atoms with van der Waals surface area (Å²) in [7, 11) is 0. The molecule has 6 saturated carbocycles. The lowest BCUT2D eigenvalue weighted by molar-refractivity contribution is -0.166. The first-order valence-electron chi connectivity index (χ1n) is 33.2. The summed E-state index contributed by atoms with van der Waals surface area (Å²) in [6.07, 6.45) is 18.8. The van der Waals surface area contributed by atoms with Crippen LogP contribution in [0.5, 0.6) is 0 Å². The van der Waals surface area contributed by atoms with Crippen LogP contribution in [0.25, 0.3) is 11.1 Å². The molecule has 6 aromatic rings. The van der Waals surface area contributed by atoms with Gasteiger partial charge in [-0.2, -0.15) is 0 Å². The molecular weight excluding hydrogens is 1220 g/mol. The summed E-state index contributed by atoms with van der Waals surface area (Å²) in [6, 6.07) is 39.8. The van der Waals surface area contributed by atoms with Crippen LogP contribution in [-0.4, -0.2) is 58.4 Å². The SMILES string of the molecule is O=C1C(=Nc2cc3c(s2)C2=CC4C=C5C(=CC4C=C2C3(C(=O)OCc2ccccc2)C(=O)OCc2ccccc2)c2sc(N=C3C(=O)C4CC6CCCCC6CC4C3=O)cc2C5(C(=O)OCc2ccccc2)C(=O)OCc2ccccc2)C(=O)C2CC3CCCCC3CC12. The number of thiophene rings is 2. The summed E-state index contributed by atoms with van der Waals surface area (Å²) in [4.78, 5) is 132. The molecule has 0 saturated heterocycles. The second-order valence-electron chi connectivity index (χ2n) is 27.2. The van der Waals surface area contributed by atoms with Crippen molar-refractivity contribution < 1.29 is 57.3 Å². The molecule has 14 nitrogen and oxygen atoms in total. The lowest BCUT2D eigenvalue weighted by atomic mass is 9.64. The Kier molecular flexibility index (Phi) is 15.5. The van der Waals surface area contributed by atoms with E-state index in [1.165, 1.54) is 0 Å². The van der Waals surface area contributed by atoms with E-state index in [9.17, 15) is 19.2 Å². The van der Waals surface area contributed by atoms with Crippen LogP contribution in [0, 0.1) is 59.2 Å². The molecule has 0 spiro atoms. The van der Waals surface area contributed by atoms with E-state index >= 15 is 19.2 Å². The zero-order valence-corrected chi connectivity index (χ0v) is 53.3. The molecule has 4 aromatic carbocycles. The summed E-state index contributed by atoms with van der Waals surface area (Å²) in [5.41, 5.74) is -0.169. The number of allylic oxidation sites excluding steroid dienone is 6. The van der Waals surface area contributed by atoms with Crippen LogP contribution in [0.15, 0.2) is 179 Å². The Morgan fingerprint density at radius 3 is 0.947 bits per heavy atom. The number of hydrogen-bond donors (Lipinski definition) is 0. The van der Waals surface area contributed by atoms with Crippen molar-refractivity contribution in [2.45, 2.75) is 114 Å². The van der Waals surface area contributed by atoms with Crippen molar-refractivity contribution in [1.82, 2.24) is 0 Å². The number of ketones is 4. The van der Waals surface area contributed by atoms with E-state index in [2.05, 4.69) is 0 Å². The van der Waals surface area contributed by atoms with Gasteiger partial charge in [0.2, 0.25) is 10.8 Å². The second kappa shape index (κ2) is 24.2. The molecule has 0 N–H and O–H groups in total. The average Bonchev–Trinajstić information content (AvgIpc) is 1.68. The molecule has 10 unspecified atom stereocenters. The molecule has 16 heteroatoms. The standard InChI is InChI=1S/C78H68N2O12S2/c81-67-53-29-47-25-13-14-26-48(47)30-54(53)68(82)65(67)79-63-37-61-71(93-63)57-33-52-36-60-58(34-51(52)35-59(57)77(61,73(85)89-39-43-17-5-1-6-18-43)74(86)90-40-44-19-7-2-8-20-44)72-62(38-64(94-72)80-66-69(83)55-31-49-27-15-16-28-50(49)32-56(55)70(66)84)78(60,75(87)91-41-45-21-9-3-10-22-45)76(88)92-42-46-23-11-4-12-24-46/h1-12,17-24,33-38,47-56H,13-16,25-32,39-42H2. The Balaban J connectivity index is 0.849. The number of esters is 4. The third-order valence-electron chi connectivity index (χ3n) is 22.1. The number of aliphatic imine (C=N–C) groups is 2. The predicted octanol–water partition coefficient (Wildman–Crippen LogP) is 14.0. The molecule has 94 heavy (non-hydrogen) atoms. The molecule has 10 atom stereocenters. The van der Waals surface area contributed by atoms with Crippen molar-refractivity contribution >= 4 is 102 Å². The molecule has 0 aliphatic heterocycles. The lowest BCUT2D eigenvalue weighted by Crippen LogP contribution is -2.47. The van der Waals surface area contributed by atoms with Crippen molar-refractivity contribution in [3.8, 4) is 0 Å². The third kappa shape index (κ3) is 9.97. The highest BCUT2D eigenvalue weighted by Gasteiger charge is 2.65. The largest absolute Gasteiger partial charge is 0.459 e. The van der Waals surface area contributed by atoms with Gasteiger partial charge < -0.3 is 18.9 Å². The number of carbonyl (C=O) groups is 8. The molecule has 10 aliphatic carbocycles. The Bertz CT molecular complexity index is 3900. The van der Waals surface area contributed by atoms with Gasteiger partial charge in [-0.25, -0.2) is 9.98 Å². The third-order valence-corrected chi connectivity index (χ3v) is 24.3. The molecule has 0 amide bonds. The highest BCUT2D eigenvalue weighted by Crippen LogP contribution is 2.63. The number of nitrogens with zero attached hydrogens (tertiary/aromatic N) is 2. The topological polar surface area (TPSA) is 198 Å². The number of rotatable bonds is 14. The van der Waals surface area contributed by atoms with E-state index in [0.717, 1.165) is 74.0 Å². The molecule has 474 valence electrons. The molecule has 2 aromatic heterocycles. The minimum absolute atomic E-state index is 0.115. The summed E-state index contributed by atoms with van der Waals surface area (Å²) in [5.74, 6) is -6.32. The van der Waals surface area contributed by atoms with Crippen LogP contribution in [0.4, 0.5) is 10.0 Å². The van der Waals surface area contributed by atoms with E-state index in [4.69, 9.17) is 28.9 Å². The van der Waals surface area contributed by atoms with Gasteiger partial charge in [0.15, 0.2) is 34.6 Å². The van der Waals surface area contributed by atoms with Crippen molar-refractivity contribution in [2.75, 3.05) is 0 Å². The maximum Gasteiger partial charge on any atom is 0.333 e. The monoisotopic (exact) mass is 1290 g/mol. The van der Waals surface area contributed by atoms with Gasteiger partial charge in [-0.1, -0.05) is 197 Å². The summed E-state index contributed by atoms with van der Waals surface area (Å²) < 4.78 is 25.3. The van der Waals surface area contributed by atoms with E-state index in [1.807, 2.05) is 146 Å². The van der Waals surface area contributed by atoms with Crippen molar-refractivity contribution in [1.29, 1.82) is 0 Å². The fourth-order valence-corrected chi connectivity index (χ4v) is 19.8. The van der Waals surface area contributed by atoms with E-state index in [1.54, 1.807) is 12.1 Å². The first kappa shape index (κ1) is 60.1. The van der Waals surface area contributed by atoms with Crippen LogP contribution in [0.1, 0.15) is 120 Å². The number of carbonyl (C=O) groups excluding carboxylic acids is 8. The van der Waals surface area contributed by atoms with E-state index in [0.29, 0.717) is 92.5 Å². The minimum atomic E-state index is -2.28. The first-order chi connectivity index (χ1) is 45.9. The van der Waals surface area contributed by atoms with Crippen molar-refractivity contribution in [3.63, 3.8) is 0 Å². The normalized spacial score (nSPS) is 27.0. The first-order valence-corrected chi connectivity index (χ1v) is 34.9. The quantitative estimate of drug-likeness (QED) is 0.0569. The Morgan fingerprint density at radius 2 is 0.670 bits per heavy atom. The highest BCUT2D eigenvalue weighted by molar-refractivity contribution is 7.18. The van der Waals surface area contributed by atoms with Crippen LogP contribution in [0.3, 0.4) is 0 Å².